The highest BCUT2D eigenvalue weighted by atomic mass is 35.5. The Bertz CT molecular complexity index is 275. The van der Waals surface area contributed by atoms with E-state index < -0.39 is 0 Å². The highest BCUT2D eigenvalue weighted by Crippen LogP contribution is 2.02. The Morgan fingerprint density at radius 3 is 2.91 bits per heavy atom. The molecule has 0 aliphatic carbocycles. The van der Waals surface area contributed by atoms with Gasteiger partial charge in [-0.15, -0.1) is 0 Å². The summed E-state index contributed by atoms with van der Waals surface area (Å²) in [5, 5.41) is 0.323. The molecule has 1 aromatic heterocycles. The molecule has 0 bridgehead atoms. The fraction of sp³-hybridized carbons (Fsp3) is 0.286. The van der Waals surface area contributed by atoms with Crippen LogP contribution in [0, 0.1) is 0 Å². The van der Waals surface area contributed by atoms with E-state index in [0.717, 1.165) is 0 Å². The number of nitrogens with zero attached hydrogens (tertiary/aromatic N) is 2. The van der Waals surface area contributed by atoms with Gasteiger partial charge in [0.1, 0.15) is 10.9 Å². The molecule has 3 nitrogen and oxygen atoms in total. The minimum Gasteiger partial charge on any atom is -0.300 e. The SMILES string of the molecule is CC(=O)Cc1cncc(Cl)n1. The van der Waals surface area contributed by atoms with E-state index in [9.17, 15) is 4.79 Å². The van der Waals surface area contributed by atoms with Gasteiger partial charge < -0.3 is 0 Å². The minimum absolute atomic E-state index is 0.0570. The first kappa shape index (κ1) is 8.14. The molecule has 58 valence electrons. The van der Waals surface area contributed by atoms with Crippen molar-refractivity contribution in [3.05, 3.63) is 23.2 Å². The number of rotatable bonds is 2. The van der Waals surface area contributed by atoms with E-state index in [-0.39, 0.29) is 5.78 Å². The lowest BCUT2D eigenvalue weighted by molar-refractivity contribution is -0.116. The second kappa shape index (κ2) is 3.44. The molecular formula is C7H7ClN2O. The summed E-state index contributed by atoms with van der Waals surface area (Å²) < 4.78 is 0. The second-order valence-corrected chi connectivity index (χ2v) is 2.60. The maximum absolute atomic E-state index is 10.6. The molecule has 0 radical (unpaired) electrons. The van der Waals surface area contributed by atoms with Crippen molar-refractivity contribution in [2.75, 3.05) is 0 Å². The van der Waals surface area contributed by atoms with Crippen LogP contribution in [0.4, 0.5) is 0 Å². The van der Waals surface area contributed by atoms with E-state index in [1.165, 1.54) is 19.3 Å². The quantitative estimate of drug-likeness (QED) is 0.671. The Labute approximate surface area is 69.4 Å². The summed E-state index contributed by atoms with van der Waals surface area (Å²) in [5.41, 5.74) is 0.616. The maximum Gasteiger partial charge on any atom is 0.147 e. The first-order valence-electron chi connectivity index (χ1n) is 3.14. The summed E-state index contributed by atoms with van der Waals surface area (Å²) in [5.74, 6) is 0.0570. The molecule has 0 amide bonds. The molecule has 1 aromatic rings. The summed E-state index contributed by atoms with van der Waals surface area (Å²) in [4.78, 5) is 18.3. The molecule has 0 aliphatic heterocycles. The molecule has 0 atom stereocenters. The summed E-state index contributed by atoms with van der Waals surface area (Å²) in [6.45, 7) is 1.50. The summed E-state index contributed by atoms with van der Waals surface area (Å²) in [6, 6.07) is 0. The van der Waals surface area contributed by atoms with E-state index in [1.807, 2.05) is 0 Å². The molecule has 1 heterocycles. The molecule has 4 heteroatoms. The van der Waals surface area contributed by atoms with E-state index in [0.29, 0.717) is 17.3 Å². The lowest BCUT2D eigenvalue weighted by Crippen LogP contribution is -1.99. The summed E-state index contributed by atoms with van der Waals surface area (Å²) in [7, 11) is 0. The first-order valence-corrected chi connectivity index (χ1v) is 3.52. The number of halogens is 1. The zero-order chi connectivity index (χ0) is 8.27. The van der Waals surface area contributed by atoms with Crippen molar-refractivity contribution in [1.82, 2.24) is 9.97 Å². The zero-order valence-corrected chi connectivity index (χ0v) is 6.80. The summed E-state index contributed by atoms with van der Waals surface area (Å²) in [6.07, 6.45) is 3.27. The van der Waals surface area contributed by atoms with Gasteiger partial charge in [-0.1, -0.05) is 11.6 Å². The van der Waals surface area contributed by atoms with Crippen molar-refractivity contribution in [3.63, 3.8) is 0 Å². The Kier molecular flexibility index (Phi) is 2.54. The zero-order valence-electron chi connectivity index (χ0n) is 6.04. The molecule has 11 heavy (non-hydrogen) atoms. The van der Waals surface area contributed by atoms with Gasteiger partial charge in [0.15, 0.2) is 0 Å². The van der Waals surface area contributed by atoms with Crippen LogP contribution < -0.4 is 0 Å². The third-order valence-corrected chi connectivity index (χ3v) is 1.27. The van der Waals surface area contributed by atoms with Crippen molar-refractivity contribution in [1.29, 1.82) is 0 Å². The molecule has 0 saturated carbocycles. The van der Waals surface area contributed by atoms with Crippen LogP contribution in [0.3, 0.4) is 0 Å². The van der Waals surface area contributed by atoms with Gasteiger partial charge in [-0.25, -0.2) is 4.98 Å². The molecule has 0 N–H and O–H groups in total. The number of ketones is 1. The van der Waals surface area contributed by atoms with E-state index >= 15 is 0 Å². The highest BCUT2D eigenvalue weighted by Gasteiger charge is 1.99. The number of carbonyl (C=O) groups excluding carboxylic acids is 1. The van der Waals surface area contributed by atoms with E-state index in [1.54, 1.807) is 0 Å². The fourth-order valence-electron chi connectivity index (χ4n) is 0.720. The van der Waals surface area contributed by atoms with Crippen LogP contribution in [0.1, 0.15) is 12.6 Å². The van der Waals surface area contributed by atoms with Gasteiger partial charge in [0.2, 0.25) is 0 Å². The monoisotopic (exact) mass is 170 g/mol. The highest BCUT2D eigenvalue weighted by molar-refractivity contribution is 6.29. The van der Waals surface area contributed by atoms with Crippen LogP contribution in [-0.4, -0.2) is 15.8 Å². The number of carbonyl (C=O) groups is 1. The lowest BCUT2D eigenvalue weighted by Gasteiger charge is -1.94. The average molecular weight is 171 g/mol. The van der Waals surface area contributed by atoms with Gasteiger partial charge in [0.05, 0.1) is 11.9 Å². The third kappa shape index (κ3) is 2.63. The largest absolute Gasteiger partial charge is 0.300 e. The van der Waals surface area contributed by atoms with Crippen LogP contribution in [0.2, 0.25) is 5.15 Å². The van der Waals surface area contributed by atoms with Gasteiger partial charge >= 0.3 is 0 Å². The van der Waals surface area contributed by atoms with Gasteiger partial charge in [-0.3, -0.25) is 9.78 Å². The maximum atomic E-state index is 10.6. The number of hydrogen-bond acceptors (Lipinski definition) is 3. The van der Waals surface area contributed by atoms with Crippen molar-refractivity contribution in [2.24, 2.45) is 0 Å². The molecule has 0 aromatic carbocycles. The molecule has 1 rings (SSSR count). The van der Waals surface area contributed by atoms with Crippen LogP contribution in [0.25, 0.3) is 0 Å². The first-order chi connectivity index (χ1) is 5.18. The Balaban J connectivity index is 2.79. The predicted octanol–water partition coefficient (Wildman–Crippen LogP) is 1.26. The number of Topliss-reactive ketones (excluding diaryl/α,β-unsaturated/α-hetero) is 1. The van der Waals surface area contributed by atoms with E-state index in [2.05, 4.69) is 9.97 Å². The van der Waals surface area contributed by atoms with Crippen LogP contribution in [-0.2, 0) is 11.2 Å². The number of hydrogen-bond donors (Lipinski definition) is 0. The lowest BCUT2D eigenvalue weighted by atomic mass is 10.2. The molecule has 0 spiro atoms. The van der Waals surface area contributed by atoms with Crippen molar-refractivity contribution in [3.8, 4) is 0 Å². The van der Waals surface area contributed by atoms with Crippen molar-refractivity contribution >= 4 is 17.4 Å². The van der Waals surface area contributed by atoms with Crippen LogP contribution in [0.15, 0.2) is 12.4 Å². The van der Waals surface area contributed by atoms with Crippen molar-refractivity contribution in [2.45, 2.75) is 13.3 Å². The Morgan fingerprint density at radius 1 is 1.64 bits per heavy atom. The van der Waals surface area contributed by atoms with Crippen LogP contribution in [0.5, 0.6) is 0 Å². The Morgan fingerprint density at radius 2 is 2.36 bits per heavy atom. The second-order valence-electron chi connectivity index (χ2n) is 2.21. The average Bonchev–Trinajstić information content (AvgIpc) is 1.85. The normalized spacial score (nSPS) is 9.64. The van der Waals surface area contributed by atoms with Gasteiger partial charge in [0.25, 0.3) is 0 Å². The fourth-order valence-corrected chi connectivity index (χ4v) is 0.885. The molecule has 0 fully saturated rings. The molecule has 0 saturated heterocycles. The van der Waals surface area contributed by atoms with Gasteiger partial charge in [-0.2, -0.15) is 0 Å². The van der Waals surface area contributed by atoms with Gasteiger partial charge in [-0.05, 0) is 6.92 Å². The smallest absolute Gasteiger partial charge is 0.147 e. The summed E-state index contributed by atoms with van der Waals surface area (Å²) >= 11 is 5.54. The Hall–Kier alpha value is -0.960. The topological polar surface area (TPSA) is 42.9 Å². The van der Waals surface area contributed by atoms with Crippen LogP contribution >= 0.6 is 11.6 Å². The minimum atomic E-state index is 0.0570. The molecule has 0 unspecified atom stereocenters. The molecule has 0 aliphatic rings. The third-order valence-electron chi connectivity index (χ3n) is 1.09. The van der Waals surface area contributed by atoms with E-state index in [4.69, 9.17) is 11.6 Å². The van der Waals surface area contributed by atoms with Crippen molar-refractivity contribution < 1.29 is 4.79 Å². The number of aromatic nitrogens is 2. The standard InChI is InChI=1S/C7H7ClN2O/c1-5(11)2-6-3-9-4-7(8)10-6/h3-4H,2H2,1H3. The molecular weight excluding hydrogens is 164 g/mol. The predicted molar refractivity (Wildman–Crippen MR) is 41.4 cm³/mol. The van der Waals surface area contributed by atoms with Gasteiger partial charge in [0, 0.05) is 12.6 Å².